The summed E-state index contributed by atoms with van der Waals surface area (Å²) in [6, 6.07) is 2.78. The molecule has 0 radical (unpaired) electrons. The number of nitrogens with zero attached hydrogens (tertiary/aromatic N) is 2. The van der Waals surface area contributed by atoms with Gasteiger partial charge in [-0.2, -0.15) is 0 Å². The van der Waals surface area contributed by atoms with Gasteiger partial charge in [0, 0.05) is 6.07 Å². The molecule has 0 saturated carbocycles. The number of nitro benzene ring substituents is 2. The van der Waals surface area contributed by atoms with Gasteiger partial charge in [-0.25, -0.2) is 4.79 Å². The molecular weight excluding hydrogens is 252 g/mol. The van der Waals surface area contributed by atoms with Crippen LogP contribution >= 0.6 is 11.8 Å². The summed E-state index contributed by atoms with van der Waals surface area (Å²) >= 11 is 0.733. The second-order valence-electron chi connectivity index (χ2n) is 2.72. The summed E-state index contributed by atoms with van der Waals surface area (Å²) in [4.78, 5) is 30.4. The van der Waals surface area contributed by atoms with Gasteiger partial charge in [-0.05, 0) is 24.1 Å². The monoisotopic (exact) mass is 258 g/mol. The van der Waals surface area contributed by atoms with E-state index in [4.69, 9.17) is 0 Å². The van der Waals surface area contributed by atoms with E-state index in [2.05, 4.69) is 4.74 Å². The number of benzene rings is 1. The van der Waals surface area contributed by atoms with Gasteiger partial charge < -0.3 is 4.74 Å². The van der Waals surface area contributed by atoms with Crippen LogP contribution in [0.25, 0.3) is 0 Å². The normalized spacial score (nSPS) is 9.71. The Hall–Kier alpha value is -2.16. The van der Waals surface area contributed by atoms with Crippen molar-refractivity contribution in [3.8, 4) is 5.75 Å². The summed E-state index contributed by atoms with van der Waals surface area (Å²) in [5.74, 6) is -0.319. The summed E-state index contributed by atoms with van der Waals surface area (Å²) in [6.07, 6.45) is 1.44. The Labute approximate surface area is 98.9 Å². The molecule has 0 bridgehead atoms. The maximum Gasteiger partial charge on any atom is 0.372 e. The van der Waals surface area contributed by atoms with Gasteiger partial charge in [-0.1, -0.05) is 0 Å². The lowest BCUT2D eigenvalue weighted by Crippen LogP contribution is -2.03. The van der Waals surface area contributed by atoms with Gasteiger partial charge in [0.1, 0.15) is 0 Å². The predicted octanol–water partition coefficient (Wildman–Crippen LogP) is 2.36. The van der Waals surface area contributed by atoms with Crippen molar-refractivity contribution in [3.05, 3.63) is 38.4 Å². The van der Waals surface area contributed by atoms with E-state index in [1.165, 1.54) is 6.26 Å². The minimum atomic E-state index is -0.851. The molecule has 0 N–H and O–H groups in total. The number of hydrogen-bond donors (Lipinski definition) is 0. The van der Waals surface area contributed by atoms with Crippen molar-refractivity contribution in [1.29, 1.82) is 0 Å². The standard InChI is InChI=1S/C8H6N2O6S/c1-17-8(11)16-7-3-2-5(9(12)13)4-6(7)10(14)15/h2-4H,1H3. The highest BCUT2D eigenvalue weighted by molar-refractivity contribution is 8.12. The quantitative estimate of drug-likeness (QED) is 0.464. The van der Waals surface area contributed by atoms with Crippen molar-refractivity contribution in [3.63, 3.8) is 0 Å². The lowest BCUT2D eigenvalue weighted by Gasteiger charge is -2.02. The van der Waals surface area contributed by atoms with E-state index in [0.29, 0.717) is 0 Å². The molecule has 0 heterocycles. The third-order valence-electron chi connectivity index (χ3n) is 1.71. The first kappa shape index (κ1) is 12.9. The Morgan fingerprint density at radius 2 is 1.94 bits per heavy atom. The molecule has 0 amide bonds. The van der Waals surface area contributed by atoms with Crippen LogP contribution in [0.2, 0.25) is 0 Å². The lowest BCUT2D eigenvalue weighted by molar-refractivity contribution is -0.394. The number of rotatable bonds is 3. The molecule has 90 valence electrons. The predicted molar refractivity (Wildman–Crippen MR) is 59.3 cm³/mol. The van der Waals surface area contributed by atoms with Gasteiger partial charge in [0.25, 0.3) is 5.69 Å². The highest BCUT2D eigenvalue weighted by Gasteiger charge is 2.22. The zero-order valence-corrected chi connectivity index (χ0v) is 9.30. The Bertz CT molecular complexity index is 489. The molecule has 9 heteroatoms. The Balaban J connectivity index is 3.17. The molecule has 0 atom stereocenters. The van der Waals surface area contributed by atoms with E-state index >= 15 is 0 Å². The van der Waals surface area contributed by atoms with Crippen LogP contribution < -0.4 is 4.74 Å². The van der Waals surface area contributed by atoms with Crippen LogP contribution in [-0.4, -0.2) is 21.4 Å². The lowest BCUT2D eigenvalue weighted by atomic mass is 10.2. The number of carbonyl (C=O) groups excluding carboxylic acids is 1. The third kappa shape index (κ3) is 3.14. The van der Waals surface area contributed by atoms with E-state index < -0.39 is 26.5 Å². The minimum Gasteiger partial charge on any atom is -0.411 e. The smallest absolute Gasteiger partial charge is 0.372 e. The molecule has 1 aromatic rings. The average Bonchev–Trinajstić information content (AvgIpc) is 2.28. The van der Waals surface area contributed by atoms with Gasteiger partial charge in [-0.3, -0.25) is 20.2 Å². The van der Waals surface area contributed by atoms with Crippen molar-refractivity contribution in [2.45, 2.75) is 0 Å². The Kier molecular flexibility index (Phi) is 3.99. The molecule has 8 nitrogen and oxygen atoms in total. The molecule has 17 heavy (non-hydrogen) atoms. The Morgan fingerprint density at radius 3 is 2.41 bits per heavy atom. The summed E-state index contributed by atoms with van der Waals surface area (Å²) in [6.45, 7) is 0. The number of hydrogen-bond acceptors (Lipinski definition) is 7. The van der Waals surface area contributed by atoms with Crippen LogP contribution in [0.15, 0.2) is 18.2 Å². The summed E-state index contributed by atoms with van der Waals surface area (Å²) in [7, 11) is 0. The van der Waals surface area contributed by atoms with Gasteiger partial charge in [0.15, 0.2) is 0 Å². The van der Waals surface area contributed by atoms with Crippen molar-refractivity contribution >= 4 is 28.4 Å². The molecular formula is C8H6N2O6S. The van der Waals surface area contributed by atoms with Crippen molar-refractivity contribution in [1.82, 2.24) is 0 Å². The van der Waals surface area contributed by atoms with Crippen LogP contribution in [0.4, 0.5) is 16.2 Å². The topological polar surface area (TPSA) is 113 Å². The highest BCUT2D eigenvalue weighted by atomic mass is 32.2. The van der Waals surface area contributed by atoms with Gasteiger partial charge in [0.2, 0.25) is 5.75 Å². The molecule has 0 aliphatic rings. The van der Waals surface area contributed by atoms with Crippen molar-refractivity contribution < 1.29 is 19.4 Å². The zero-order valence-electron chi connectivity index (χ0n) is 8.48. The molecule has 0 spiro atoms. The van der Waals surface area contributed by atoms with E-state index in [1.807, 2.05) is 0 Å². The molecule has 0 aromatic heterocycles. The van der Waals surface area contributed by atoms with E-state index in [9.17, 15) is 25.0 Å². The SMILES string of the molecule is CSC(=O)Oc1ccc([N+](=O)[O-])cc1[N+](=O)[O-]. The number of ether oxygens (including phenoxy) is 1. The fourth-order valence-electron chi connectivity index (χ4n) is 0.980. The number of thioether (sulfide) groups is 1. The summed E-state index contributed by atoms with van der Waals surface area (Å²) in [5.41, 5.74) is -1.07. The van der Waals surface area contributed by atoms with E-state index in [-0.39, 0.29) is 5.75 Å². The first-order valence-electron chi connectivity index (χ1n) is 4.14. The van der Waals surface area contributed by atoms with Crippen LogP contribution in [0.1, 0.15) is 0 Å². The largest absolute Gasteiger partial charge is 0.411 e. The van der Waals surface area contributed by atoms with Crippen LogP contribution in [0, 0.1) is 20.2 Å². The zero-order chi connectivity index (χ0) is 13.0. The van der Waals surface area contributed by atoms with Gasteiger partial charge in [-0.15, -0.1) is 0 Å². The van der Waals surface area contributed by atoms with Crippen LogP contribution in [-0.2, 0) is 0 Å². The molecule has 0 aliphatic carbocycles. The Morgan fingerprint density at radius 1 is 1.29 bits per heavy atom. The summed E-state index contributed by atoms with van der Waals surface area (Å²) < 4.78 is 4.65. The molecule has 1 aromatic carbocycles. The molecule has 0 fully saturated rings. The molecule has 0 unspecified atom stereocenters. The number of non-ortho nitro benzene ring substituents is 1. The first-order valence-corrected chi connectivity index (χ1v) is 5.37. The second kappa shape index (κ2) is 5.25. The maximum atomic E-state index is 11.0. The maximum absolute atomic E-state index is 11.0. The molecule has 0 aliphatic heterocycles. The third-order valence-corrected chi connectivity index (χ3v) is 2.13. The van der Waals surface area contributed by atoms with Crippen LogP contribution in [0.3, 0.4) is 0 Å². The first-order chi connectivity index (χ1) is 7.95. The average molecular weight is 258 g/mol. The molecule has 0 saturated heterocycles. The van der Waals surface area contributed by atoms with Crippen LogP contribution in [0.5, 0.6) is 5.75 Å². The van der Waals surface area contributed by atoms with Gasteiger partial charge >= 0.3 is 11.0 Å². The number of carbonyl (C=O) groups is 1. The fourth-order valence-corrected chi connectivity index (χ4v) is 1.15. The summed E-state index contributed by atoms with van der Waals surface area (Å²) in [5, 5.41) is 20.4. The second-order valence-corrected chi connectivity index (χ2v) is 3.46. The van der Waals surface area contributed by atoms with Crippen molar-refractivity contribution in [2.24, 2.45) is 0 Å². The fraction of sp³-hybridized carbons (Fsp3) is 0.125. The van der Waals surface area contributed by atoms with Crippen molar-refractivity contribution in [2.75, 3.05) is 6.26 Å². The number of nitro groups is 2. The van der Waals surface area contributed by atoms with Gasteiger partial charge in [0.05, 0.1) is 15.9 Å². The van der Waals surface area contributed by atoms with E-state index in [0.717, 1.165) is 30.0 Å². The van der Waals surface area contributed by atoms with E-state index in [1.54, 1.807) is 0 Å². The highest BCUT2D eigenvalue weighted by Crippen LogP contribution is 2.31. The molecule has 1 rings (SSSR count). The minimum absolute atomic E-state index is 0.319.